The minimum Gasteiger partial charge on any atom is -0.372 e. The summed E-state index contributed by atoms with van der Waals surface area (Å²) in [5.74, 6) is -1.19. The van der Waals surface area contributed by atoms with Gasteiger partial charge in [-0.1, -0.05) is 0 Å². The van der Waals surface area contributed by atoms with Crippen LogP contribution in [0.2, 0.25) is 0 Å². The summed E-state index contributed by atoms with van der Waals surface area (Å²) in [7, 11) is 1.42. The molecule has 2 aromatic rings. The summed E-state index contributed by atoms with van der Waals surface area (Å²) in [5, 5.41) is 8.07. The molecular weight excluding hydrogens is 525 g/mol. The Balaban J connectivity index is 1.55. The van der Waals surface area contributed by atoms with Gasteiger partial charge in [0.15, 0.2) is 5.82 Å². The van der Waals surface area contributed by atoms with Gasteiger partial charge < -0.3 is 15.0 Å². The molecule has 10 nitrogen and oxygen atoms in total. The number of halogens is 4. The lowest BCUT2D eigenvalue weighted by molar-refractivity contribution is -0.220. The smallest absolute Gasteiger partial charge is 0.322 e. The molecule has 3 amide bonds. The number of anilines is 1. The first-order valence-electron chi connectivity index (χ1n) is 10.4. The number of amides is 3. The van der Waals surface area contributed by atoms with Gasteiger partial charge in [-0.15, -0.1) is 0 Å². The van der Waals surface area contributed by atoms with Crippen LogP contribution in [0.4, 0.5) is 23.7 Å². The number of hydrogen-bond acceptors (Lipinski definition) is 6. The molecule has 0 aliphatic carbocycles. The lowest BCUT2D eigenvalue weighted by Gasteiger charge is -2.30. The van der Waals surface area contributed by atoms with E-state index >= 15 is 0 Å². The van der Waals surface area contributed by atoms with Crippen molar-refractivity contribution in [3.63, 3.8) is 0 Å². The van der Waals surface area contributed by atoms with Crippen molar-refractivity contribution in [2.24, 2.45) is 0 Å². The highest BCUT2D eigenvalue weighted by Crippen LogP contribution is 2.30. The lowest BCUT2D eigenvalue weighted by Crippen LogP contribution is -2.43. The maximum Gasteiger partial charge on any atom is 0.322 e. The fourth-order valence-corrected chi connectivity index (χ4v) is 4.30. The van der Waals surface area contributed by atoms with E-state index in [0.717, 1.165) is 5.06 Å². The first-order valence-corrected chi connectivity index (χ1v) is 11.1. The van der Waals surface area contributed by atoms with Crippen LogP contribution in [0, 0.1) is 5.82 Å². The number of nitrogens with zero attached hydrogens (tertiary/aromatic N) is 5. The number of rotatable bonds is 5. The van der Waals surface area contributed by atoms with Crippen molar-refractivity contribution in [3.05, 3.63) is 39.6 Å². The summed E-state index contributed by atoms with van der Waals surface area (Å²) >= 11 is 2.98. The normalized spacial score (nSPS) is 20.3. The molecular formula is C20H22BrF3N6O4. The van der Waals surface area contributed by atoms with Gasteiger partial charge in [0, 0.05) is 31.8 Å². The topological polar surface area (TPSA) is 102 Å². The van der Waals surface area contributed by atoms with E-state index in [9.17, 15) is 22.8 Å². The monoisotopic (exact) mass is 546 g/mol. The Kier molecular flexibility index (Phi) is 6.82. The summed E-state index contributed by atoms with van der Waals surface area (Å²) in [6, 6.07) is 0.796. The predicted octanol–water partition coefficient (Wildman–Crippen LogP) is 2.83. The van der Waals surface area contributed by atoms with Gasteiger partial charge in [0.05, 0.1) is 31.1 Å². The first-order chi connectivity index (χ1) is 16.1. The molecule has 0 saturated heterocycles. The minimum absolute atomic E-state index is 0.0256. The summed E-state index contributed by atoms with van der Waals surface area (Å²) in [4.78, 5) is 36.8. The zero-order valence-corrected chi connectivity index (χ0v) is 19.9. The summed E-state index contributed by atoms with van der Waals surface area (Å²) < 4.78 is 45.7. The van der Waals surface area contributed by atoms with Crippen LogP contribution in [0.3, 0.4) is 0 Å². The SMILES string of the molecule is CN1OC(C)(COCC(F)F)Cn2nc3c(c2C1=O)CN(C(=O)Nc1ccnc(Br)c1F)CC3. The number of fused-ring (bicyclic) bond motifs is 3. The number of hydrogen-bond donors (Lipinski definition) is 1. The maximum atomic E-state index is 14.2. The Morgan fingerprint density at radius 2 is 2.21 bits per heavy atom. The molecule has 0 aromatic carbocycles. The van der Waals surface area contributed by atoms with Crippen LogP contribution in [-0.4, -0.2) is 75.5 Å². The number of pyridine rings is 1. The molecule has 0 radical (unpaired) electrons. The summed E-state index contributed by atoms with van der Waals surface area (Å²) in [6.07, 6.45) is -0.896. The third-order valence-corrected chi connectivity index (χ3v) is 6.01. The van der Waals surface area contributed by atoms with Crippen LogP contribution in [0.15, 0.2) is 16.9 Å². The molecule has 14 heteroatoms. The second-order valence-electron chi connectivity index (χ2n) is 8.25. The van der Waals surface area contributed by atoms with Gasteiger partial charge >= 0.3 is 6.03 Å². The van der Waals surface area contributed by atoms with E-state index in [1.165, 1.54) is 28.9 Å². The molecule has 1 N–H and O–H groups in total. The second-order valence-corrected chi connectivity index (χ2v) is 9.00. The van der Waals surface area contributed by atoms with E-state index in [-0.39, 0.29) is 35.7 Å². The van der Waals surface area contributed by atoms with E-state index in [4.69, 9.17) is 9.57 Å². The van der Waals surface area contributed by atoms with E-state index < -0.39 is 36.4 Å². The molecule has 2 aliphatic rings. The van der Waals surface area contributed by atoms with Gasteiger partial charge in [-0.2, -0.15) is 5.10 Å². The Labute approximate surface area is 201 Å². The number of carbonyl (C=O) groups is 2. The number of nitrogens with one attached hydrogen (secondary N) is 1. The minimum atomic E-state index is -2.62. The summed E-state index contributed by atoms with van der Waals surface area (Å²) in [6.45, 7) is 1.16. The molecule has 184 valence electrons. The Morgan fingerprint density at radius 1 is 1.44 bits per heavy atom. The average Bonchev–Trinajstić information content (AvgIpc) is 3.08. The first kappa shape index (κ1) is 24.4. The van der Waals surface area contributed by atoms with Crippen LogP contribution in [0.5, 0.6) is 0 Å². The Bertz CT molecular complexity index is 1120. The number of urea groups is 1. The third kappa shape index (κ3) is 4.88. The molecule has 4 rings (SSSR count). The highest BCUT2D eigenvalue weighted by molar-refractivity contribution is 9.10. The maximum absolute atomic E-state index is 14.2. The summed E-state index contributed by atoms with van der Waals surface area (Å²) in [5.41, 5.74) is 0.288. The number of aromatic nitrogens is 3. The van der Waals surface area contributed by atoms with E-state index in [1.807, 2.05) is 0 Å². The van der Waals surface area contributed by atoms with E-state index in [0.29, 0.717) is 24.2 Å². The van der Waals surface area contributed by atoms with Crippen molar-refractivity contribution in [2.45, 2.75) is 38.5 Å². The molecule has 1 atom stereocenters. The van der Waals surface area contributed by atoms with Crippen LogP contribution in [0.1, 0.15) is 28.7 Å². The molecule has 2 aliphatic heterocycles. The standard InChI is InChI=1S/C20H22BrF3N6O4/c1-20(10-33-8-14(22)23)9-30-16(18(31)28(2)34-20)11-7-29(6-4-12(11)27-30)19(32)26-13-3-5-25-17(21)15(13)24/h3,5,14H,4,6-10H2,1-2H3,(H,25,26,32). The quantitative estimate of drug-likeness (QED) is 0.578. The van der Waals surface area contributed by atoms with Crippen LogP contribution in [0.25, 0.3) is 0 Å². The van der Waals surface area contributed by atoms with Crippen molar-refractivity contribution in [1.82, 2.24) is 24.7 Å². The van der Waals surface area contributed by atoms with Crippen LogP contribution >= 0.6 is 15.9 Å². The van der Waals surface area contributed by atoms with Gasteiger partial charge in [-0.3, -0.25) is 14.3 Å². The largest absolute Gasteiger partial charge is 0.372 e. The predicted molar refractivity (Wildman–Crippen MR) is 116 cm³/mol. The van der Waals surface area contributed by atoms with Crippen molar-refractivity contribution >= 4 is 33.6 Å². The molecule has 0 bridgehead atoms. The Morgan fingerprint density at radius 3 is 2.94 bits per heavy atom. The van der Waals surface area contributed by atoms with Gasteiger partial charge in [-0.25, -0.2) is 28.0 Å². The molecule has 1 unspecified atom stereocenters. The molecule has 4 heterocycles. The van der Waals surface area contributed by atoms with Gasteiger partial charge in [0.2, 0.25) is 0 Å². The zero-order chi connectivity index (χ0) is 24.6. The highest BCUT2D eigenvalue weighted by atomic mass is 79.9. The average molecular weight is 547 g/mol. The number of carbonyl (C=O) groups excluding carboxylic acids is 2. The Hall–Kier alpha value is -2.71. The molecule has 0 fully saturated rings. The molecule has 0 saturated carbocycles. The van der Waals surface area contributed by atoms with Gasteiger partial charge in [0.1, 0.15) is 22.5 Å². The number of ether oxygens (including phenoxy) is 1. The fraction of sp³-hybridized carbons (Fsp3) is 0.500. The number of alkyl halides is 2. The van der Waals surface area contributed by atoms with Crippen molar-refractivity contribution < 1.29 is 32.3 Å². The van der Waals surface area contributed by atoms with Gasteiger partial charge in [0.25, 0.3) is 12.3 Å². The third-order valence-electron chi connectivity index (χ3n) is 5.46. The molecule has 0 spiro atoms. The molecule has 2 aromatic heterocycles. The second kappa shape index (κ2) is 9.50. The number of hydroxylamine groups is 2. The fourth-order valence-electron chi connectivity index (χ4n) is 3.97. The van der Waals surface area contributed by atoms with Crippen molar-refractivity contribution in [1.29, 1.82) is 0 Å². The van der Waals surface area contributed by atoms with Crippen LogP contribution < -0.4 is 5.32 Å². The zero-order valence-electron chi connectivity index (χ0n) is 18.4. The van der Waals surface area contributed by atoms with Crippen LogP contribution in [-0.2, 0) is 29.1 Å². The highest BCUT2D eigenvalue weighted by Gasteiger charge is 2.40. The van der Waals surface area contributed by atoms with E-state index in [2.05, 4.69) is 31.3 Å². The van der Waals surface area contributed by atoms with Crippen molar-refractivity contribution in [3.8, 4) is 0 Å². The van der Waals surface area contributed by atoms with Gasteiger partial charge in [-0.05, 0) is 28.9 Å². The van der Waals surface area contributed by atoms with Crippen molar-refractivity contribution in [2.75, 3.05) is 32.1 Å². The van der Waals surface area contributed by atoms with E-state index in [1.54, 1.807) is 6.92 Å². The molecule has 34 heavy (non-hydrogen) atoms. The lowest BCUT2D eigenvalue weighted by atomic mass is 10.0.